The van der Waals surface area contributed by atoms with Crippen LogP contribution in [0, 0.1) is 22.7 Å². The number of anilines is 2. The maximum atomic E-state index is 11.4. The molecule has 0 bridgehead atoms. The van der Waals surface area contributed by atoms with E-state index in [9.17, 15) is 4.79 Å². The van der Waals surface area contributed by atoms with Crippen molar-refractivity contribution in [1.82, 2.24) is 0 Å². The van der Waals surface area contributed by atoms with Crippen LogP contribution in [0.2, 0.25) is 0 Å². The van der Waals surface area contributed by atoms with Crippen molar-refractivity contribution < 1.29 is 4.79 Å². The molecule has 1 aliphatic heterocycles. The zero-order valence-electron chi connectivity index (χ0n) is 10.3. The minimum absolute atomic E-state index is 0.0220. The number of hydrogen-bond acceptors (Lipinski definition) is 5. The summed E-state index contributed by atoms with van der Waals surface area (Å²) in [5.74, 6) is 0.0220. The summed E-state index contributed by atoms with van der Waals surface area (Å²) >= 11 is 0. The van der Waals surface area contributed by atoms with Crippen LogP contribution in [0.4, 0.5) is 11.4 Å². The van der Waals surface area contributed by atoms with E-state index in [0.29, 0.717) is 12.2 Å². The Morgan fingerprint density at radius 2 is 2.16 bits per heavy atom. The lowest BCUT2D eigenvalue weighted by molar-refractivity contribution is -0.116. The molecule has 6 heteroatoms. The molecule has 0 unspecified atom stereocenters. The highest BCUT2D eigenvalue weighted by Crippen LogP contribution is 2.30. The number of fused-ring (bicyclic) bond motifs is 1. The van der Waals surface area contributed by atoms with E-state index in [2.05, 4.69) is 10.5 Å². The first-order valence-corrected chi connectivity index (χ1v) is 5.70. The van der Waals surface area contributed by atoms with Gasteiger partial charge < -0.3 is 4.90 Å². The standard InChI is InChI=1S/C13H11N5O/c1-9(19)18-5-4-10-6-11(2-3-13(10)18)16-17-12(7-14)8-15/h2-3,6,16H,4-5H2,1H3. The van der Waals surface area contributed by atoms with Crippen molar-refractivity contribution in [3.63, 3.8) is 0 Å². The summed E-state index contributed by atoms with van der Waals surface area (Å²) in [6.45, 7) is 2.22. The zero-order valence-corrected chi connectivity index (χ0v) is 10.3. The Morgan fingerprint density at radius 3 is 2.79 bits per heavy atom. The molecule has 0 aliphatic carbocycles. The highest BCUT2D eigenvalue weighted by atomic mass is 16.2. The lowest BCUT2D eigenvalue weighted by Gasteiger charge is -2.14. The number of nitriles is 2. The molecule has 0 radical (unpaired) electrons. The number of hydrazone groups is 1. The Labute approximate surface area is 110 Å². The number of hydrogen-bond donors (Lipinski definition) is 1. The van der Waals surface area contributed by atoms with E-state index < -0.39 is 0 Å². The van der Waals surface area contributed by atoms with Crippen LogP contribution in [0.5, 0.6) is 0 Å². The molecule has 1 N–H and O–H groups in total. The van der Waals surface area contributed by atoms with E-state index in [0.717, 1.165) is 17.7 Å². The molecule has 1 aromatic rings. The van der Waals surface area contributed by atoms with Crippen LogP contribution >= 0.6 is 0 Å². The van der Waals surface area contributed by atoms with Crippen LogP contribution in [-0.4, -0.2) is 18.2 Å². The van der Waals surface area contributed by atoms with Crippen LogP contribution < -0.4 is 10.3 Å². The van der Waals surface area contributed by atoms with Crippen molar-refractivity contribution in [1.29, 1.82) is 10.5 Å². The molecule has 6 nitrogen and oxygen atoms in total. The van der Waals surface area contributed by atoms with Crippen molar-refractivity contribution >= 4 is 23.0 Å². The van der Waals surface area contributed by atoms with Crippen LogP contribution in [0.3, 0.4) is 0 Å². The Kier molecular flexibility index (Phi) is 3.44. The Bertz CT molecular complexity index is 619. The monoisotopic (exact) mass is 253 g/mol. The molecule has 0 spiro atoms. The van der Waals surface area contributed by atoms with E-state index in [4.69, 9.17) is 10.5 Å². The molecule has 94 valence electrons. The minimum Gasteiger partial charge on any atom is -0.312 e. The quantitative estimate of drug-likeness (QED) is 0.637. The Hall–Kier alpha value is -2.86. The van der Waals surface area contributed by atoms with E-state index in [-0.39, 0.29) is 11.6 Å². The maximum absolute atomic E-state index is 11.4. The maximum Gasteiger partial charge on any atom is 0.237 e. The summed E-state index contributed by atoms with van der Waals surface area (Å²) in [4.78, 5) is 13.1. The van der Waals surface area contributed by atoms with Gasteiger partial charge in [-0.15, -0.1) is 0 Å². The summed E-state index contributed by atoms with van der Waals surface area (Å²) in [7, 11) is 0. The molecule has 0 saturated heterocycles. The number of carbonyl (C=O) groups is 1. The van der Waals surface area contributed by atoms with Crippen LogP contribution in [0.1, 0.15) is 12.5 Å². The highest BCUT2D eigenvalue weighted by Gasteiger charge is 2.21. The molecule has 1 aliphatic rings. The smallest absolute Gasteiger partial charge is 0.237 e. The fourth-order valence-corrected chi connectivity index (χ4v) is 1.99. The molecule has 1 aromatic carbocycles. The number of carbonyl (C=O) groups excluding carboxylic acids is 1. The topological polar surface area (TPSA) is 92.3 Å². The number of nitrogens with zero attached hydrogens (tertiary/aromatic N) is 4. The lowest BCUT2D eigenvalue weighted by Crippen LogP contribution is -2.25. The Morgan fingerprint density at radius 1 is 1.42 bits per heavy atom. The highest BCUT2D eigenvalue weighted by molar-refractivity contribution is 6.10. The molecule has 0 fully saturated rings. The summed E-state index contributed by atoms with van der Waals surface area (Å²) in [6, 6.07) is 8.80. The van der Waals surface area contributed by atoms with E-state index >= 15 is 0 Å². The first kappa shape index (κ1) is 12.6. The second kappa shape index (κ2) is 5.19. The van der Waals surface area contributed by atoms with E-state index in [1.54, 1.807) is 23.1 Å². The lowest BCUT2D eigenvalue weighted by atomic mass is 10.1. The van der Waals surface area contributed by atoms with Gasteiger partial charge in [-0.3, -0.25) is 10.2 Å². The van der Waals surface area contributed by atoms with Gasteiger partial charge in [0, 0.05) is 19.2 Å². The predicted octanol–water partition coefficient (Wildman–Crippen LogP) is 1.41. The number of amides is 1. The number of benzene rings is 1. The summed E-state index contributed by atoms with van der Waals surface area (Å²) < 4.78 is 0. The molecular formula is C13H11N5O. The Balaban J connectivity index is 2.21. The number of nitrogens with one attached hydrogen (secondary N) is 1. The van der Waals surface area contributed by atoms with Gasteiger partial charge in [-0.2, -0.15) is 15.6 Å². The van der Waals surface area contributed by atoms with Gasteiger partial charge in [-0.05, 0) is 30.2 Å². The first-order chi connectivity index (χ1) is 9.15. The van der Waals surface area contributed by atoms with Gasteiger partial charge in [-0.25, -0.2) is 0 Å². The van der Waals surface area contributed by atoms with Gasteiger partial charge >= 0.3 is 0 Å². The van der Waals surface area contributed by atoms with Crippen LogP contribution in [0.15, 0.2) is 23.3 Å². The van der Waals surface area contributed by atoms with Crippen molar-refractivity contribution in [3.8, 4) is 12.1 Å². The van der Waals surface area contributed by atoms with Gasteiger partial charge in [0.05, 0.1) is 5.69 Å². The zero-order chi connectivity index (χ0) is 13.8. The summed E-state index contributed by atoms with van der Waals surface area (Å²) in [6.07, 6.45) is 0.789. The van der Waals surface area contributed by atoms with Gasteiger partial charge in [0.15, 0.2) is 0 Å². The largest absolute Gasteiger partial charge is 0.312 e. The van der Waals surface area contributed by atoms with Gasteiger partial charge in [-0.1, -0.05) is 0 Å². The number of rotatable bonds is 2. The molecule has 0 saturated carbocycles. The summed E-state index contributed by atoms with van der Waals surface area (Å²) in [5.41, 5.74) is 5.07. The van der Waals surface area contributed by atoms with Crippen LogP contribution in [-0.2, 0) is 11.2 Å². The van der Waals surface area contributed by atoms with Gasteiger partial charge in [0.2, 0.25) is 11.6 Å². The average molecular weight is 253 g/mol. The predicted molar refractivity (Wildman–Crippen MR) is 70.5 cm³/mol. The fourth-order valence-electron chi connectivity index (χ4n) is 1.99. The fraction of sp³-hybridized carbons (Fsp3) is 0.231. The third-order valence-electron chi connectivity index (χ3n) is 2.86. The first-order valence-electron chi connectivity index (χ1n) is 5.70. The van der Waals surface area contributed by atoms with Gasteiger partial charge in [0.25, 0.3) is 0 Å². The average Bonchev–Trinajstić information content (AvgIpc) is 2.83. The third-order valence-corrected chi connectivity index (χ3v) is 2.86. The normalized spacial score (nSPS) is 12.1. The van der Waals surface area contributed by atoms with Crippen molar-refractivity contribution in [2.45, 2.75) is 13.3 Å². The van der Waals surface area contributed by atoms with Crippen molar-refractivity contribution in [2.75, 3.05) is 16.9 Å². The second-order valence-electron chi connectivity index (χ2n) is 4.06. The molecule has 2 rings (SSSR count). The second-order valence-corrected chi connectivity index (χ2v) is 4.06. The van der Waals surface area contributed by atoms with Crippen molar-refractivity contribution in [3.05, 3.63) is 23.8 Å². The van der Waals surface area contributed by atoms with Crippen molar-refractivity contribution in [2.24, 2.45) is 5.10 Å². The molecule has 1 amide bonds. The SMILES string of the molecule is CC(=O)N1CCc2cc(NN=C(C#N)C#N)ccc21. The minimum atomic E-state index is -0.231. The van der Waals surface area contributed by atoms with Crippen LogP contribution in [0.25, 0.3) is 0 Å². The third kappa shape index (κ3) is 2.53. The molecule has 0 aromatic heterocycles. The summed E-state index contributed by atoms with van der Waals surface area (Å²) in [5, 5.41) is 20.8. The van der Waals surface area contributed by atoms with E-state index in [1.807, 2.05) is 12.1 Å². The molecular weight excluding hydrogens is 242 g/mol. The van der Waals surface area contributed by atoms with E-state index in [1.165, 1.54) is 6.92 Å². The molecule has 19 heavy (non-hydrogen) atoms. The molecule has 0 atom stereocenters. The molecule has 1 heterocycles. The van der Waals surface area contributed by atoms with Gasteiger partial charge in [0.1, 0.15) is 12.1 Å².